The van der Waals surface area contributed by atoms with Gasteiger partial charge in [-0.05, 0) is 38.0 Å². The molecule has 0 saturated carbocycles. The maximum absolute atomic E-state index is 12.3. The Kier molecular flexibility index (Phi) is 4.03. The van der Waals surface area contributed by atoms with Crippen molar-refractivity contribution in [2.24, 2.45) is 0 Å². The highest BCUT2D eigenvalue weighted by atomic mass is 16.6. The highest BCUT2D eigenvalue weighted by Crippen LogP contribution is 2.23. The molecular weight excluding hydrogens is 268 g/mol. The van der Waals surface area contributed by atoms with E-state index in [4.69, 9.17) is 0 Å². The Hall–Kier alpha value is -2.69. The number of nitro benzene ring substituents is 1. The van der Waals surface area contributed by atoms with Crippen LogP contribution in [0.1, 0.15) is 27.0 Å². The average Bonchev–Trinajstić information content (AvgIpc) is 2.43. The van der Waals surface area contributed by atoms with Crippen molar-refractivity contribution < 1.29 is 9.72 Å². The van der Waals surface area contributed by atoms with Crippen LogP contribution in [-0.2, 0) is 0 Å². The molecule has 0 aliphatic carbocycles. The van der Waals surface area contributed by atoms with Crippen molar-refractivity contribution in [1.29, 1.82) is 0 Å². The van der Waals surface area contributed by atoms with E-state index in [-0.39, 0.29) is 17.2 Å². The fourth-order valence-electron chi connectivity index (χ4n) is 2.14. The summed E-state index contributed by atoms with van der Waals surface area (Å²) in [4.78, 5) is 22.7. The summed E-state index contributed by atoms with van der Waals surface area (Å²) in [7, 11) is 0. The summed E-state index contributed by atoms with van der Waals surface area (Å²) in [5.74, 6) is -0.351. The number of hydrogen-bond donors (Lipinski definition) is 1. The molecule has 0 unspecified atom stereocenters. The molecule has 0 aromatic heterocycles. The fourth-order valence-corrected chi connectivity index (χ4v) is 2.14. The first-order chi connectivity index (χ1) is 9.90. The van der Waals surface area contributed by atoms with Crippen LogP contribution in [0.25, 0.3) is 0 Å². The van der Waals surface area contributed by atoms with Crippen LogP contribution in [0.5, 0.6) is 0 Å². The molecule has 0 aliphatic heterocycles. The summed E-state index contributed by atoms with van der Waals surface area (Å²) in [5, 5.41) is 13.8. The monoisotopic (exact) mass is 284 g/mol. The molecule has 21 heavy (non-hydrogen) atoms. The van der Waals surface area contributed by atoms with E-state index >= 15 is 0 Å². The lowest BCUT2D eigenvalue weighted by molar-refractivity contribution is -0.385. The molecule has 2 aromatic carbocycles. The van der Waals surface area contributed by atoms with E-state index in [1.54, 1.807) is 19.1 Å². The Balaban J connectivity index is 2.33. The van der Waals surface area contributed by atoms with Gasteiger partial charge in [0.1, 0.15) is 0 Å². The first kappa shape index (κ1) is 14.7. The van der Waals surface area contributed by atoms with Gasteiger partial charge < -0.3 is 5.32 Å². The second-order valence-electron chi connectivity index (χ2n) is 4.98. The summed E-state index contributed by atoms with van der Waals surface area (Å²) >= 11 is 0. The van der Waals surface area contributed by atoms with E-state index in [0.717, 1.165) is 16.8 Å². The van der Waals surface area contributed by atoms with E-state index in [2.05, 4.69) is 5.32 Å². The molecule has 0 bridgehead atoms. The topological polar surface area (TPSA) is 72.2 Å². The molecular formula is C16H16N2O3. The Bertz CT molecular complexity index is 703. The molecule has 0 saturated heterocycles. The van der Waals surface area contributed by atoms with Crippen molar-refractivity contribution in [2.45, 2.75) is 20.8 Å². The van der Waals surface area contributed by atoms with Crippen LogP contribution in [0.2, 0.25) is 0 Å². The van der Waals surface area contributed by atoms with E-state index in [1.807, 2.05) is 32.0 Å². The van der Waals surface area contributed by atoms with Gasteiger partial charge in [0.25, 0.3) is 11.6 Å². The molecule has 0 heterocycles. The smallest absolute Gasteiger partial charge is 0.273 e. The zero-order chi connectivity index (χ0) is 15.6. The molecule has 0 fully saturated rings. The van der Waals surface area contributed by atoms with Crippen LogP contribution in [0.3, 0.4) is 0 Å². The molecule has 5 heteroatoms. The SMILES string of the molecule is Cc1ccc(C(=O)Nc2c(C)cccc2C)cc1[N+](=O)[O-]. The highest BCUT2D eigenvalue weighted by molar-refractivity contribution is 6.05. The molecule has 0 aliphatic rings. The van der Waals surface area contributed by atoms with Crippen molar-refractivity contribution >= 4 is 17.3 Å². The predicted molar refractivity (Wildman–Crippen MR) is 81.7 cm³/mol. The summed E-state index contributed by atoms with van der Waals surface area (Å²) in [6.45, 7) is 5.45. The quantitative estimate of drug-likeness (QED) is 0.688. The van der Waals surface area contributed by atoms with Crippen LogP contribution in [0.4, 0.5) is 11.4 Å². The van der Waals surface area contributed by atoms with Crippen molar-refractivity contribution in [3.8, 4) is 0 Å². The fraction of sp³-hybridized carbons (Fsp3) is 0.188. The van der Waals surface area contributed by atoms with Gasteiger partial charge in [-0.1, -0.05) is 24.3 Å². The number of hydrogen-bond acceptors (Lipinski definition) is 3. The molecule has 2 aromatic rings. The molecule has 5 nitrogen and oxygen atoms in total. The largest absolute Gasteiger partial charge is 0.321 e. The number of nitrogens with zero attached hydrogens (tertiary/aromatic N) is 1. The summed E-state index contributed by atoms with van der Waals surface area (Å²) in [6.07, 6.45) is 0. The van der Waals surface area contributed by atoms with Crippen LogP contribution < -0.4 is 5.32 Å². The number of rotatable bonds is 3. The predicted octanol–water partition coefficient (Wildman–Crippen LogP) is 3.77. The normalized spacial score (nSPS) is 10.2. The van der Waals surface area contributed by atoms with E-state index in [1.165, 1.54) is 6.07 Å². The van der Waals surface area contributed by atoms with Gasteiger partial charge in [-0.3, -0.25) is 14.9 Å². The minimum Gasteiger partial charge on any atom is -0.321 e. The highest BCUT2D eigenvalue weighted by Gasteiger charge is 2.16. The second-order valence-corrected chi connectivity index (χ2v) is 4.98. The number of benzene rings is 2. The summed E-state index contributed by atoms with van der Waals surface area (Å²) in [5.41, 5.74) is 3.39. The van der Waals surface area contributed by atoms with E-state index in [0.29, 0.717) is 5.56 Å². The molecule has 1 amide bonds. The third-order valence-corrected chi connectivity index (χ3v) is 3.39. The van der Waals surface area contributed by atoms with E-state index in [9.17, 15) is 14.9 Å². The second kappa shape index (κ2) is 5.75. The minimum atomic E-state index is -0.481. The van der Waals surface area contributed by atoms with Crippen LogP contribution in [0, 0.1) is 30.9 Å². The third kappa shape index (κ3) is 3.08. The number of carbonyl (C=O) groups excluding carboxylic acids is 1. The average molecular weight is 284 g/mol. The first-order valence-corrected chi connectivity index (χ1v) is 6.52. The Morgan fingerprint density at radius 3 is 2.24 bits per heavy atom. The molecule has 0 radical (unpaired) electrons. The molecule has 0 spiro atoms. The lowest BCUT2D eigenvalue weighted by atomic mass is 10.1. The summed E-state index contributed by atoms with van der Waals surface area (Å²) < 4.78 is 0. The van der Waals surface area contributed by atoms with Gasteiger partial charge in [0.05, 0.1) is 4.92 Å². The third-order valence-electron chi connectivity index (χ3n) is 3.39. The summed E-state index contributed by atoms with van der Waals surface area (Å²) in [6, 6.07) is 10.2. The number of para-hydroxylation sites is 1. The lowest BCUT2D eigenvalue weighted by Crippen LogP contribution is -2.14. The standard InChI is InChI=1S/C16H16N2O3/c1-10-7-8-13(9-14(10)18(20)21)16(19)17-15-11(2)5-4-6-12(15)3/h4-9H,1-3H3,(H,17,19). The Morgan fingerprint density at radius 2 is 1.67 bits per heavy atom. The molecule has 2 rings (SSSR count). The van der Waals surface area contributed by atoms with Gasteiger partial charge in [-0.15, -0.1) is 0 Å². The zero-order valence-electron chi connectivity index (χ0n) is 12.1. The maximum Gasteiger partial charge on any atom is 0.273 e. The number of amides is 1. The Morgan fingerprint density at radius 1 is 1.05 bits per heavy atom. The van der Waals surface area contributed by atoms with Gasteiger partial charge in [-0.25, -0.2) is 0 Å². The van der Waals surface area contributed by atoms with Crippen LogP contribution in [-0.4, -0.2) is 10.8 Å². The zero-order valence-corrected chi connectivity index (χ0v) is 12.1. The number of anilines is 1. The van der Waals surface area contributed by atoms with Crippen LogP contribution >= 0.6 is 0 Å². The first-order valence-electron chi connectivity index (χ1n) is 6.52. The van der Waals surface area contributed by atoms with Gasteiger partial charge in [-0.2, -0.15) is 0 Å². The molecule has 1 N–H and O–H groups in total. The van der Waals surface area contributed by atoms with Gasteiger partial charge in [0.15, 0.2) is 0 Å². The molecule has 108 valence electrons. The molecule has 0 atom stereocenters. The lowest BCUT2D eigenvalue weighted by Gasteiger charge is -2.11. The number of nitrogens with one attached hydrogen (secondary N) is 1. The maximum atomic E-state index is 12.3. The van der Waals surface area contributed by atoms with Gasteiger partial charge in [0.2, 0.25) is 0 Å². The number of carbonyl (C=O) groups is 1. The van der Waals surface area contributed by atoms with Crippen molar-refractivity contribution in [2.75, 3.05) is 5.32 Å². The van der Waals surface area contributed by atoms with Gasteiger partial charge >= 0.3 is 0 Å². The van der Waals surface area contributed by atoms with Crippen LogP contribution in [0.15, 0.2) is 36.4 Å². The van der Waals surface area contributed by atoms with Gasteiger partial charge in [0, 0.05) is 22.9 Å². The Labute approximate surface area is 122 Å². The van der Waals surface area contributed by atoms with E-state index < -0.39 is 4.92 Å². The van der Waals surface area contributed by atoms with Crippen molar-refractivity contribution in [1.82, 2.24) is 0 Å². The van der Waals surface area contributed by atoms with Crippen molar-refractivity contribution in [3.05, 3.63) is 68.8 Å². The number of aryl methyl sites for hydroxylation is 3. The minimum absolute atomic E-state index is 0.0517. The number of nitro groups is 1. The van der Waals surface area contributed by atoms with Crippen molar-refractivity contribution in [3.63, 3.8) is 0 Å².